The molecule has 0 bridgehead atoms. The minimum absolute atomic E-state index is 0.137. The van der Waals surface area contributed by atoms with E-state index >= 15 is 0 Å². The predicted molar refractivity (Wildman–Crippen MR) is 87.0 cm³/mol. The molecule has 122 valence electrons. The molecule has 0 saturated heterocycles. The highest BCUT2D eigenvalue weighted by Crippen LogP contribution is 2.24. The molecule has 0 atom stereocenters. The second-order valence-electron chi connectivity index (χ2n) is 5.10. The number of ether oxygens (including phenoxy) is 1. The van der Waals surface area contributed by atoms with E-state index < -0.39 is 5.82 Å². The van der Waals surface area contributed by atoms with Crippen LogP contribution in [0.15, 0.2) is 55.1 Å². The zero-order chi connectivity index (χ0) is 17.1. The Labute approximate surface area is 138 Å². The number of halogens is 1. The lowest BCUT2D eigenvalue weighted by molar-refractivity contribution is 0.0993. The number of hydrogen-bond donors (Lipinski definition) is 0. The van der Waals surface area contributed by atoms with Gasteiger partial charge in [0.05, 0.1) is 7.11 Å². The molecule has 3 aromatic rings. The van der Waals surface area contributed by atoms with Crippen LogP contribution in [0.25, 0.3) is 5.69 Å². The van der Waals surface area contributed by atoms with Gasteiger partial charge < -0.3 is 9.64 Å². The van der Waals surface area contributed by atoms with E-state index in [1.807, 2.05) is 0 Å². The molecule has 1 amide bonds. The molecule has 0 aliphatic carbocycles. The summed E-state index contributed by atoms with van der Waals surface area (Å²) in [5.74, 6) is -0.620. The second kappa shape index (κ2) is 6.49. The molecule has 0 fully saturated rings. The summed E-state index contributed by atoms with van der Waals surface area (Å²) >= 11 is 0. The zero-order valence-corrected chi connectivity index (χ0v) is 13.2. The summed E-state index contributed by atoms with van der Waals surface area (Å²) < 4.78 is 20.4. The first-order valence-corrected chi connectivity index (χ1v) is 7.17. The number of methoxy groups -OCH3 is 1. The topological polar surface area (TPSA) is 60.2 Å². The average Bonchev–Trinajstić information content (AvgIpc) is 3.15. The van der Waals surface area contributed by atoms with Crippen molar-refractivity contribution in [2.75, 3.05) is 19.1 Å². The molecular weight excluding hydrogens is 311 g/mol. The SMILES string of the molecule is COc1ccc(N(C)C(=O)c2ccc(-n3cnnc3)cc2)cc1F. The molecule has 0 radical (unpaired) electrons. The highest BCUT2D eigenvalue weighted by Gasteiger charge is 2.15. The molecule has 2 aromatic carbocycles. The van der Waals surface area contributed by atoms with E-state index in [9.17, 15) is 9.18 Å². The van der Waals surface area contributed by atoms with Crippen LogP contribution in [0.3, 0.4) is 0 Å². The first-order valence-electron chi connectivity index (χ1n) is 7.17. The minimum Gasteiger partial charge on any atom is -0.494 e. The molecule has 1 aromatic heterocycles. The number of rotatable bonds is 4. The lowest BCUT2D eigenvalue weighted by Gasteiger charge is -2.18. The first-order chi connectivity index (χ1) is 11.6. The third-order valence-corrected chi connectivity index (χ3v) is 3.66. The Morgan fingerprint density at radius 1 is 1.12 bits per heavy atom. The monoisotopic (exact) mass is 326 g/mol. The first kappa shape index (κ1) is 15.7. The summed E-state index contributed by atoms with van der Waals surface area (Å²) in [4.78, 5) is 13.9. The van der Waals surface area contributed by atoms with Gasteiger partial charge in [0, 0.05) is 30.1 Å². The van der Waals surface area contributed by atoms with Crippen molar-refractivity contribution < 1.29 is 13.9 Å². The van der Waals surface area contributed by atoms with Crippen LogP contribution in [-0.4, -0.2) is 34.8 Å². The Morgan fingerprint density at radius 2 is 1.79 bits per heavy atom. The number of nitrogens with zero attached hydrogens (tertiary/aromatic N) is 4. The number of carbonyl (C=O) groups is 1. The van der Waals surface area contributed by atoms with E-state index in [1.54, 1.807) is 54.6 Å². The van der Waals surface area contributed by atoms with Crippen molar-refractivity contribution in [3.8, 4) is 11.4 Å². The summed E-state index contributed by atoms with van der Waals surface area (Å²) in [6.45, 7) is 0. The van der Waals surface area contributed by atoms with E-state index in [0.717, 1.165) is 5.69 Å². The predicted octanol–water partition coefficient (Wildman–Crippen LogP) is 2.69. The van der Waals surface area contributed by atoms with Gasteiger partial charge in [0.15, 0.2) is 11.6 Å². The smallest absolute Gasteiger partial charge is 0.258 e. The fourth-order valence-corrected chi connectivity index (χ4v) is 2.29. The van der Waals surface area contributed by atoms with Crippen LogP contribution in [0.2, 0.25) is 0 Å². The van der Waals surface area contributed by atoms with Crippen LogP contribution in [0.4, 0.5) is 10.1 Å². The van der Waals surface area contributed by atoms with Gasteiger partial charge in [-0.2, -0.15) is 0 Å². The van der Waals surface area contributed by atoms with Gasteiger partial charge in [-0.25, -0.2) is 4.39 Å². The maximum absolute atomic E-state index is 13.8. The molecule has 3 rings (SSSR count). The van der Waals surface area contributed by atoms with Crippen molar-refractivity contribution in [1.29, 1.82) is 0 Å². The number of hydrogen-bond acceptors (Lipinski definition) is 4. The van der Waals surface area contributed by atoms with E-state index in [-0.39, 0.29) is 11.7 Å². The second-order valence-corrected chi connectivity index (χ2v) is 5.10. The number of aromatic nitrogens is 3. The third-order valence-electron chi connectivity index (χ3n) is 3.66. The number of anilines is 1. The molecule has 7 heteroatoms. The van der Waals surface area contributed by atoms with E-state index in [4.69, 9.17) is 4.74 Å². The van der Waals surface area contributed by atoms with Crippen LogP contribution in [0, 0.1) is 5.82 Å². The van der Waals surface area contributed by atoms with Crippen molar-refractivity contribution >= 4 is 11.6 Å². The lowest BCUT2D eigenvalue weighted by atomic mass is 10.1. The van der Waals surface area contributed by atoms with Crippen LogP contribution >= 0.6 is 0 Å². The lowest BCUT2D eigenvalue weighted by Crippen LogP contribution is -2.26. The van der Waals surface area contributed by atoms with Gasteiger partial charge in [-0.3, -0.25) is 9.36 Å². The molecular formula is C17H15FN4O2. The van der Waals surface area contributed by atoms with E-state index in [1.165, 1.54) is 24.1 Å². The van der Waals surface area contributed by atoms with E-state index in [2.05, 4.69) is 10.2 Å². The highest BCUT2D eigenvalue weighted by molar-refractivity contribution is 6.05. The summed E-state index contributed by atoms with van der Waals surface area (Å²) in [6.07, 6.45) is 3.15. The summed E-state index contributed by atoms with van der Waals surface area (Å²) in [5, 5.41) is 7.48. The van der Waals surface area contributed by atoms with Crippen molar-refractivity contribution in [2.45, 2.75) is 0 Å². The number of carbonyl (C=O) groups excluding carboxylic acids is 1. The van der Waals surface area contributed by atoms with Crippen molar-refractivity contribution in [2.24, 2.45) is 0 Å². The van der Waals surface area contributed by atoms with Gasteiger partial charge in [0.2, 0.25) is 0 Å². The van der Waals surface area contributed by atoms with E-state index in [0.29, 0.717) is 11.3 Å². The quantitative estimate of drug-likeness (QED) is 0.739. The van der Waals surface area contributed by atoms with Gasteiger partial charge in [-0.15, -0.1) is 10.2 Å². The molecule has 0 aliphatic rings. The normalized spacial score (nSPS) is 10.5. The molecule has 6 nitrogen and oxygen atoms in total. The van der Waals surface area contributed by atoms with Gasteiger partial charge in [0.25, 0.3) is 5.91 Å². The molecule has 0 unspecified atom stereocenters. The van der Waals surface area contributed by atoms with Crippen LogP contribution in [0.5, 0.6) is 5.75 Å². The summed E-state index contributed by atoms with van der Waals surface area (Å²) in [7, 11) is 2.99. The molecule has 0 N–H and O–H groups in total. The Balaban J connectivity index is 1.81. The van der Waals surface area contributed by atoms with Gasteiger partial charge >= 0.3 is 0 Å². The van der Waals surface area contributed by atoms with Crippen molar-refractivity contribution in [3.05, 3.63) is 66.5 Å². The van der Waals surface area contributed by atoms with Gasteiger partial charge in [-0.1, -0.05) is 0 Å². The Morgan fingerprint density at radius 3 is 2.38 bits per heavy atom. The van der Waals surface area contributed by atoms with Gasteiger partial charge in [0.1, 0.15) is 12.7 Å². The van der Waals surface area contributed by atoms with Crippen LogP contribution in [0.1, 0.15) is 10.4 Å². The van der Waals surface area contributed by atoms with Crippen molar-refractivity contribution in [3.63, 3.8) is 0 Å². The Bertz CT molecular complexity index is 848. The Hall–Kier alpha value is -3.22. The van der Waals surface area contributed by atoms with Gasteiger partial charge in [-0.05, 0) is 36.4 Å². The molecule has 0 spiro atoms. The fourth-order valence-electron chi connectivity index (χ4n) is 2.29. The standard InChI is InChI=1S/C17H15FN4O2/c1-21(14-7-8-16(24-2)15(18)9-14)17(23)12-3-5-13(6-4-12)22-10-19-20-11-22/h3-11H,1-2H3. The molecule has 1 heterocycles. The molecule has 0 aliphatic heterocycles. The minimum atomic E-state index is -0.516. The third kappa shape index (κ3) is 2.96. The largest absolute Gasteiger partial charge is 0.494 e. The van der Waals surface area contributed by atoms with Crippen molar-refractivity contribution in [1.82, 2.24) is 14.8 Å². The fraction of sp³-hybridized carbons (Fsp3) is 0.118. The van der Waals surface area contributed by atoms with Crippen LogP contribution < -0.4 is 9.64 Å². The number of benzene rings is 2. The molecule has 24 heavy (non-hydrogen) atoms. The number of amides is 1. The summed E-state index contributed by atoms with van der Waals surface area (Å²) in [5.41, 5.74) is 1.78. The molecule has 0 saturated carbocycles. The Kier molecular flexibility index (Phi) is 4.24. The highest BCUT2D eigenvalue weighted by atomic mass is 19.1. The average molecular weight is 326 g/mol. The van der Waals surface area contributed by atoms with Crippen LogP contribution in [-0.2, 0) is 0 Å². The maximum Gasteiger partial charge on any atom is 0.258 e. The zero-order valence-electron chi connectivity index (χ0n) is 13.2. The summed E-state index contributed by atoms with van der Waals surface area (Å²) in [6, 6.07) is 11.4. The maximum atomic E-state index is 13.8.